The number of halogens is 6. The van der Waals surface area contributed by atoms with Crippen molar-refractivity contribution in [3.63, 3.8) is 0 Å². The molecule has 0 bridgehead atoms. The standard InChI is InChI=1S/C11H8F6N4O4S/c1-5(10(12,13)14)19-26(24,25)20-8-3-2-6(21(22)23)4-7(8)18-9(20)11(15,16)17/h2-5,19H,1H3. The summed E-state index contributed by atoms with van der Waals surface area (Å²) in [6.45, 7) is 0.398. The van der Waals surface area contributed by atoms with E-state index in [4.69, 9.17) is 0 Å². The predicted molar refractivity (Wildman–Crippen MR) is 74.4 cm³/mol. The van der Waals surface area contributed by atoms with Crippen molar-refractivity contribution in [2.24, 2.45) is 0 Å². The Hall–Kier alpha value is -2.42. The van der Waals surface area contributed by atoms with Crippen LogP contribution in [0.25, 0.3) is 11.0 Å². The molecule has 0 aliphatic heterocycles. The second-order valence-corrected chi connectivity index (χ2v) is 6.56. The normalized spacial score (nSPS) is 14.6. The highest BCUT2D eigenvalue weighted by molar-refractivity contribution is 7.88. The molecule has 0 spiro atoms. The molecule has 144 valence electrons. The fourth-order valence-electron chi connectivity index (χ4n) is 1.93. The number of fused-ring (bicyclic) bond motifs is 1. The van der Waals surface area contributed by atoms with E-state index in [1.807, 2.05) is 0 Å². The first-order valence-corrected chi connectivity index (χ1v) is 7.92. The predicted octanol–water partition coefficient (Wildman–Crippen LogP) is 2.60. The van der Waals surface area contributed by atoms with E-state index in [0.717, 1.165) is 4.72 Å². The topological polar surface area (TPSA) is 107 Å². The molecule has 1 aromatic heterocycles. The minimum absolute atomic E-state index is 0.398. The molecule has 0 saturated carbocycles. The Bertz CT molecular complexity index is 965. The molecule has 1 unspecified atom stereocenters. The third-order valence-corrected chi connectivity index (χ3v) is 4.62. The largest absolute Gasteiger partial charge is 0.450 e. The average molecular weight is 406 g/mol. The first kappa shape index (κ1) is 19.9. The first-order valence-electron chi connectivity index (χ1n) is 6.48. The highest BCUT2D eigenvalue weighted by Gasteiger charge is 2.44. The lowest BCUT2D eigenvalue weighted by Gasteiger charge is -2.19. The summed E-state index contributed by atoms with van der Waals surface area (Å²) in [4.78, 5) is 12.7. The molecule has 1 N–H and O–H groups in total. The van der Waals surface area contributed by atoms with Crippen molar-refractivity contribution < 1.29 is 39.7 Å². The molecule has 0 aliphatic carbocycles. The number of nitrogens with zero attached hydrogens (tertiary/aromatic N) is 3. The molecule has 15 heteroatoms. The number of rotatable bonds is 4. The van der Waals surface area contributed by atoms with Crippen molar-refractivity contribution in [2.75, 3.05) is 0 Å². The molecule has 1 atom stereocenters. The van der Waals surface area contributed by atoms with Crippen LogP contribution in [0.15, 0.2) is 18.2 Å². The van der Waals surface area contributed by atoms with Gasteiger partial charge >= 0.3 is 22.6 Å². The van der Waals surface area contributed by atoms with Crippen LogP contribution < -0.4 is 4.72 Å². The maximum atomic E-state index is 13.1. The van der Waals surface area contributed by atoms with E-state index in [1.165, 1.54) is 0 Å². The Kier molecular flexibility index (Phi) is 4.65. The van der Waals surface area contributed by atoms with Crippen molar-refractivity contribution in [2.45, 2.75) is 25.3 Å². The van der Waals surface area contributed by atoms with Crippen molar-refractivity contribution in [3.05, 3.63) is 34.1 Å². The van der Waals surface area contributed by atoms with Crippen LogP contribution in [0.2, 0.25) is 0 Å². The lowest BCUT2D eigenvalue weighted by Crippen LogP contribution is -2.45. The lowest BCUT2D eigenvalue weighted by atomic mass is 10.3. The van der Waals surface area contributed by atoms with Gasteiger partial charge in [0.25, 0.3) is 5.69 Å². The summed E-state index contributed by atoms with van der Waals surface area (Å²) in [6, 6.07) is -0.774. The molecular formula is C11H8F6N4O4S. The van der Waals surface area contributed by atoms with Crippen LogP contribution in [0, 0.1) is 10.1 Å². The number of nitro groups is 1. The average Bonchev–Trinajstić information content (AvgIpc) is 2.84. The number of alkyl halides is 6. The number of benzene rings is 1. The number of hydrogen-bond donors (Lipinski definition) is 1. The third kappa shape index (κ3) is 3.72. The molecule has 0 aliphatic rings. The van der Waals surface area contributed by atoms with Crippen LogP contribution in [0.3, 0.4) is 0 Å². The zero-order valence-electron chi connectivity index (χ0n) is 12.5. The smallest absolute Gasteiger partial charge is 0.258 e. The highest BCUT2D eigenvalue weighted by Crippen LogP contribution is 2.34. The molecular weight excluding hydrogens is 398 g/mol. The number of aromatic nitrogens is 2. The fourth-order valence-corrected chi connectivity index (χ4v) is 3.40. The molecule has 0 saturated heterocycles. The van der Waals surface area contributed by atoms with Gasteiger partial charge in [-0.1, -0.05) is 0 Å². The molecule has 1 aromatic carbocycles. The van der Waals surface area contributed by atoms with Gasteiger partial charge < -0.3 is 0 Å². The molecule has 0 radical (unpaired) electrons. The Morgan fingerprint density at radius 3 is 2.27 bits per heavy atom. The monoisotopic (exact) mass is 406 g/mol. The summed E-state index contributed by atoms with van der Waals surface area (Å²) in [6.07, 6.45) is -10.4. The summed E-state index contributed by atoms with van der Waals surface area (Å²) in [7, 11) is -5.38. The minimum atomic E-state index is -5.38. The highest BCUT2D eigenvalue weighted by atomic mass is 32.2. The van der Waals surface area contributed by atoms with Gasteiger partial charge in [0.1, 0.15) is 6.04 Å². The third-order valence-electron chi connectivity index (χ3n) is 3.12. The van der Waals surface area contributed by atoms with Gasteiger partial charge in [-0.2, -0.15) is 39.5 Å². The number of imidazole rings is 1. The van der Waals surface area contributed by atoms with Crippen LogP contribution in [0.4, 0.5) is 32.0 Å². The van der Waals surface area contributed by atoms with E-state index >= 15 is 0 Å². The summed E-state index contributed by atoms with van der Waals surface area (Å²) >= 11 is 0. The maximum Gasteiger partial charge on any atom is 0.450 e. The van der Waals surface area contributed by atoms with Crippen molar-refractivity contribution in [3.8, 4) is 0 Å². The Morgan fingerprint density at radius 1 is 1.23 bits per heavy atom. The van der Waals surface area contributed by atoms with Gasteiger partial charge in [-0.15, -0.1) is 0 Å². The van der Waals surface area contributed by atoms with E-state index in [-0.39, 0.29) is 0 Å². The summed E-state index contributed by atoms with van der Waals surface area (Å²) in [5.41, 5.74) is -2.17. The molecule has 2 rings (SSSR count). The van der Waals surface area contributed by atoms with E-state index in [2.05, 4.69) is 4.98 Å². The number of hydrogen-bond acceptors (Lipinski definition) is 5. The van der Waals surface area contributed by atoms with Crippen LogP contribution in [0.5, 0.6) is 0 Å². The van der Waals surface area contributed by atoms with Crippen LogP contribution in [-0.4, -0.2) is 34.5 Å². The van der Waals surface area contributed by atoms with Gasteiger partial charge in [0.2, 0.25) is 5.82 Å². The fraction of sp³-hybridized carbons (Fsp3) is 0.364. The van der Waals surface area contributed by atoms with Crippen molar-refractivity contribution >= 4 is 26.9 Å². The Balaban J connectivity index is 2.73. The van der Waals surface area contributed by atoms with Crippen LogP contribution >= 0.6 is 0 Å². The van der Waals surface area contributed by atoms with Crippen LogP contribution in [0.1, 0.15) is 12.7 Å². The second kappa shape index (κ2) is 6.08. The number of nitro benzene ring substituents is 1. The molecule has 8 nitrogen and oxygen atoms in total. The van der Waals surface area contributed by atoms with Crippen LogP contribution in [-0.2, 0) is 16.4 Å². The van der Waals surface area contributed by atoms with E-state index < -0.39 is 60.0 Å². The summed E-state index contributed by atoms with van der Waals surface area (Å²) in [5, 5.41) is 10.7. The lowest BCUT2D eigenvalue weighted by molar-refractivity contribution is -0.384. The van der Waals surface area contributed by atoms with Crippen molar-refractivity contribution in [1.29, 1.82) is 0 Å². The van der Waals surface area contributed by atoms with E-state index in [1.54, 1.807) is 0 Å². The summed E-state index contributed by atoms with van der Waals surface area (Å²) < 4.78 is 102. The maximum absolute atomic E-state index is 13.1. The quantitative estimate of drug-likeness (QED) is 0.477. The Labute approximate surface area is 140 Å². The van der Waals surface area contributed by atoms with E-state index in [9.17, 15) is 44.9 Å². The van der Waals surface area contributed by atoms with Gasteiger partial charge in [0.15, 0.2) is 0 Å². The van der Waals surface area contributed by atoms with Gasteiger partial charge in [0.05, 0.1) is 16.0 Å². The second-order valence-electron chi connectivity index (χ2n) is 5.01. The molecule has 26 heavy (non-hydrogen) atoms. The van der Waals surface area contributed by atoms with E-state index in [0.29, 0.717) is 25.1 Å². The van der Waals surface area contributed by atoms with Gasteiger partial charge in [-0.3, -0.25) is 10.1 Å². The number of non-ortho nitro benzene ring substituents is 1. The molecule has 0 fully saturated rings. The van der Waals surface area contributed by atoms with Crippen molar-refractivity contribution in [1.82, 2.24) is 13.7 Å². The zero-order chi connectivity index (χ0) is 20.1. The summed E-state index contributed by atoms with van der Waals surface area (Å²) in [5.74, 6) is -2.05. The molecule has 1 heterocycles. The SMILES string of the molecule is CC(NS(=O)(=O)n1c(C(F)(F)F)nc2cc([N+](=O)[O-])ccc21)C(F)(F)F. The van der Waals surface area contributed by atoms with Gasteiger partial charge in [-0.25, -0.2) is 8.96 Å². The first-order chi connectivity index (χ1) is 11.6. The number of nitrogens with one attached hydrogen (secondary N) is 1. The Morgan fingerprint density at radius 2 is 1.81 bits per heavy atom. The minimum Gasteiger partial charge on any atom is -0.258 e. The molecule has 0 amide bonds. The molecule has 2 aromatic rings. The zero-order valence-corrected chi connectivity index (χ0v) is 13.3. The van der Waals surface area contributed by atoms with Gasteiger partial charge in [-0.05, 0) is 13.0 Å². The van der Waals surface area contributed by atoms with Gasteiger partial charge in [0, 0.05) is 12.1 Å².